The highest BCUT2D eigenvalue weighted by atomic mass is 19.3. The normalized spacial score (nSPS) is 21.2. The number of nitrogens with zero attached hydrogens (tertiary/aromatic N) is 1. The molecule has 98 valence electrons. The van der Waals surface area contributed by atoms with Crippen molar-refractivity contribution in [3.63, 3.8) is 0 Å². The van der Waals surface area contributed by atoms with E-state index in [-0.39, 0.29) is 11.1 Å². The van der Waals surface area contributed by atoms with Gasteiger partial charge in [0.1, 0.15) is 0 Å². The molecule has 1 fully saturated rings. The zero-order chi connectivity index (χ0) is 13.3. The molecule has 1 N–H and O–H groups in total. The molecule has 0 saturated carbocycles. The van der Waals surface area contributed by atoms with Crippen LogP contribution in [0.3, 0.4) is 0 Å². The Hall–Kier alpha value is -1.49. The lowest BCUT2D eigenvalue weighted by atomic mass is 9.93. The van der Waals surface area contributed by atoms with Gasteiger partial charge >= 0.3 is 5.97 Å². The van der Waals surface area contributed by atoms with Crippen LogP contribution in [0.15, 0.2) is 24.3 Å². The fourth-order valence-electron chi connectivity index (χ4n) is 2.30. The van der Waals surface area contributed by atoms with Gasteiger partial charge in [0.05, 0.1) is 5.56 Å². The van der Waals surface area contributed by atoms with E-state index in [1.54, 1.807) is 0 Å². The fraction of sp³-hybridized carbons (Fsp3) is 0.462. The minimum absolute atomic E-state index is 0.0260. The third kappa shape index (κ3) is 2.36. The fourth-order valence-corrected chi connectivity index (χ4v) is 2.30. The first-order valence-corrected chi connectivity index (χ1v) is 5.81. The quantitative estimate of drug-likeness (QED) is 0.901. The maximum atomic E-state index is 14.2. The van der Waals surface area contributed by atoms with E-state index >= 15 is 0 Å². The van der Waals surface area contributed by atoms with Crippen LogP contribution >= 0.6 is 0 Å². The molecule has 0 aliphatic carbocycles. The Kier molecular flexibility index (Phi) is 3.34. The number of aromatic carboxylic acids is 1. The Labute approximate surface area is 104 Å². The molecule has 1 aromatic carbocycles. The van der Waals surface area contributed by atoms with Crippen molar-refractivity contribution in [1.82, 2.24) is 4.90 Å². The van der Waals surface area contributed by atoms with Crippen LogP contribution in [-0.2, 0) is 5.92 Å². The van der Waals surface area contributed by atoms with Crippen molar-refractivity contribution in [2.45, 2.75) is 12.3 Å². The lowest BCUT2D eigenvalue weighted by Gasteiger charge is -2.23. The number of benzene rings is 1. The van der Waals surface area contributed by atoms with Crippen LogP contribution in [0.5, 0.6) is 0 Å². The molecule has 3 nitrogen and oxygen atoms in total. The van der Waals surface area contributed by atoms with Crippen molar-refractivity contribution in [2.24, 2.45) is 5.92 Å². The van der Waals surface area contributed by atoms with Crippen molar-refractivity contribution in [3.8, 4) is 0 Å². The maximum Gasteiger partial charge on any atom is 0.335 e. The van der Waals surface area contributed by atoms with Gasteiger partial charge in [-0.15, -0.1) is 0 Å². The summed E-state index contributed by atoms with van der Waals surface area (Å²) in [6, 6.07) is 4.87. The molecule has 1 heterocycles. The number of carboxylic acids is 1. The zero-order valence-corrected chi connectivity index (χ0v) is 10.1. The second-order valence-corrected chi connectivity index (χ2v) is 4.75. The summed E-state index contributed by atoms with van der Waals surface area (Å²) in [5.74, 6) is -4.70. The highest BCUT2D eigenvalue weighted by Crippen LogP contribution is 2.40. The summed E-state index contributed by atoms with van der Waals surface area (Å²) in [6.45, 7) is 1.04. The number of alkyl halides is 2. The third-order valence-electron chi connectivity index (χ3n) is 3.42. The van der Waals surface area contributed by atoms with E-state index < -0.39 is 17.8 Å². The van der Waals surface area contributed by atoms with E-state index in [1.165, 1.54) is 24.3 Å². The van der Waals surface area contributed by atoms with E-state index in [2.05, 4.69) is 0 Å². The summed E-state index contributed by atoms with van der Waals surface area (Å²) in [4.78, 5) is 12.5. The molecule has 0 amide bonds. The van der Waals surface area contributed by atoms with Gasteiger partial charge in [-0.25, -0.2) is 13.6 Å². The average molecular weight is 255 g/mol. The van der Waals surface area contributed by atoms with Crippen LogP contribution in [0, 0.1) is 5.92 Å². The molecule has 1 unspecified atom stereocenters. The van der Waals surface area contributed by atoms with Crippen LogP contribution in [0.2, 0.25) is 0 Å². The van der Waals surface area contributed by atoms with E-state index in [1.807, 2.05) is 11.9 Å². The molecular weight excluding hydrogens is 240 g/mol. The second-order valence-electron chi connectivity index (χ2n) is 4.75. The Morgan fingerprint density at radius 1 is 1.39 bits per heavy atom. The van der Waals surface area contributed by atoms with E-state index in [4.69, 9.17) is 5.11 Å². The summed E-state index contributed by atoms with van der Waals surface area (Å²) >= 11 is 0. The topological polar surface area (TPSA) is 40.5 Å². The maximum absolute atomic E-state index is 14.2. The first-order chi connectivity index (χ1) is 8.41. The SMILES string of the molecule is CN1CCC(C(F)(F)c2ccc(C(=O)O)cc2)C1. The number of carbonyl (C=O) groups is 1. The van der Waals surface area contributed by atoms with Crippen molar-refractivity contribution in [1.29, 1.82) is 0 Å². The molecule has 1 aromatic rings. The number of carboxylic acid groups (broad SMARTS) is 1. The van der Waals surface area contributed by atoms with Crippen LogP contribution in [0.1, 0.15) is 22.3 Å². The third-order valence-corrected chi connectivity index (χ3v) is 3.42. The first-order valence-electron chi connectivity index (χ1n) is 5.81. The van der Waals surface area contributed by atoms with Gasteiger partial charge in [0.15, 0.2) is 0 Å². The molecule has 1 aliphatic heterocycles. The predicted molar refractivity (Wildman–Crippen MR) is 62.9 cm³/mol. The van der Waals surface area contributed by atoms with Gasteiger partial charge in [0, 0.05) is 18.0 Å². The first kappa shape index (κ1) is 13.0. The molecule has 2 rings (SSSR count). The summed E-state index contributed by atoms with van der Waals surface area (Å²) in [5.41, 5.74) is -0.0779. The van der Waals surface area contributed by atoms with Gasteiger partial charge in [-0.2, -0.15) is 0 Å². The van der Waals surface area contributed by atoms with Crippen LogP contribution < -0.4 is 0 Å². The molecular formula is C13H15F2NO2. The average Bonchev–Trinajstić information content (AvgIpc) is 2.76. The highest BCUT2D eigenvalue weighted by Gasteiger charge is 2.43. The molecule has 0 bridgehead atoms. The summed E-state index contributed by atoms with van der Waals surface area (Å²) in [5, 5.41) is 8.73. The monoisotopic (exact) mass is 255 g/mol. The van der Waals surface area contributed by atoms with Crippen LogP contribution in [0.4, 0.5) is 8.78 Å². The van der Waals surface area contributed by atoms with Gasteiger partial charge in [0.2, 0.25) is 0 Å². The van der Waals surface area contributed by atoms with Gasteiger partial charge in [0.25, 0.3) is 5.92 Å². The second kappa shape index (κ2) is 4.65. The summed E-state index contributed by atoms with van der Waals surface area (Å²) in [7, 11) is 1.82. The Bertz CT molecular complexity index is 445. The lowest BCUT2D eigenvalue weighted by molar-refractivity contribution is -0.0603. The molecule has 0 spiro atoms. The highest BCUT2D eigenvalue weighted by molar-refractivity contribution is 5.87. The van der Waals surface area contributed by atoms with E-state index in [0.717, 1.165) is 0 Å². The van der Waals surface area contributed by atoms with Gasteiger partial charge in [-0.1, -0.05) is 12.1 Å². The number of hydrogen-bond acceptors (Lipinski definition) is 2. The number of halogens is 2. The van der Waals surface area contributed by atoms with Gasteiger partial charge < -0.3 is 10.0 Å². The van der Waals surface area contributed by atoms with Crippen LogP contribution in [-0.4, -0.2) is 36.1 Å². The number of likely N-dealkylation sites (tertiary alicyclic amines) is 1. The van der Waals surface area contributed by atoms with Crippen molar-refractivity contribution >= 4 is 5.97 Å². The summed E-state index contributed by atoms with van der Waals surface area (Å²) < 4.78 is 28.4. The lowest BCUT2D eigenvalue weighted by Crippen LogP contribution is -2.28. The Morgan fingerprint density at radius 2 is 2.00 bits per heavy atom. The minimum atomic E-state index is -2.90. The number of hydrogen-bond donors (Lipinski definition) is 1. The Morgan fingerprint density at radius 3 is 2.44 bits per heavy atom. The molecule has 5 heteroatoms. The molecule has 0 aromatic heterocycles. The van der Waals surface area contributed by atoms with Crippen LogP contribution in [0.25, 0.3) is 0 Å². The summed E-state index contributed by atoms with van der Waals surface area (Å²) in [6.07, 6.45) is 0.462. The van der Waals surface area contributed by atoms with E-state index in [0.29, 0.717) is 19.5 Å². The minimum Gasteiger partial charge on any atom is -0.478 e. The Balaban J connectivity index is 2.21. The number of rotatable bonds is 3. The molecule has 0 radical (unpaired) electrons. The van der Waals surface area contributed by atoms with Gasteiger partial charge in [-0.3, -0.25) is 0 Å². The van der Waals surface area contributed by atoms with Crippen molar-refractivity contribution in [3.05, 3.63) is 35.4 Å². The van der Waals surface area contributed by atoms with Gasteiger partial charge in [-0.05, 0) is 32.1 Å². The predicted octanol–water partition coefficient (Wildman–Crippen LogP) is 2.43. The largest absolute Gasteiger partial charge is 0.478 e. The molecule has 1 aliphatic rings. The smallest absolute Gasteiger partial charge is 0.335 e. The van der Waals surface area contributed by atoms with Crippen molar-refractivity contribution in [2.75, 3.05) is 20.1 Å². The van der Waals surface area contributed by atoms with Crippen molar-refractivity contribution < 1.29 is 18.7 Å². The van der Waals surface area contributed by atoms with E-state index in [9.17, 15) is 13.6 Å². The molecule has 18 heavy (non-hydrogen) atoms. The standard InChI is InChI=1S/C13H15F2NO2/c1-16-7-6-11(8-16)13(14,15)10-4-2-9(3-5-10)12(17)18/h2-5,11H,6-8H2,1H3,(H,17,18). The molecule has 1 saturated heterocycles. The zero-order valence-electron chi connectivity index (χ0n) is 10.1. The molecule has 1 atom stereocenters.